The highest BCUT2D eigenvalue weighted by molar-refractivity contribution is 7.13. The third-order valence-electron chi connectivity index (χ3n) is 3.11. The number of aromatic nitrogens is 1. The average molecular weight is 319 g/mol. The first kappa shape index (κ1) is 16.5. The Kier molecular flexibility index (Phi) is 5.91. The van der Waals surface area contributed by atoms with Crippen LogP contribution in [0, 0.1) is 0 Å². The fourth-order valence-corrected chi connectivity index (χ4v) is 2.73. The number of carbonyl (C=O) groups is 1. The van der Waals surface area contributed by atoms with E-state index < -0.39 is 0 Å². The molecular formula is C16H21N3O2S. The van der Waals surface area contributed by atoms with Crippen LogP contribution >= 0.6 is 11.3 Å². The summed E-state index contributed by atoms with van der Waals surface area (Å²) in [6, 6.07) is 7.76. The summed E-state index contributed by atoms with van der Waals surface area (Å²) >= 11 is 1.55. The minimum Gasteiger partial charge on any atom is -0.497 e. The Labute approximate surface area is 134 Å². The van der Waals surface area contributed by atoms with Crippen LogP contribution in [0.15, 0.2) is 29.6 Å². The second-order valence-electron chi connectivity index (χ2n) is 5.20. The summed E-state index contributed by atoms with van der Waals surface area (Å²) in [4.78, 5) is 18.4. The Balaban J connectivity index is 1.91. The normalized spacial score (nSPS) is 10.7. The van der Waals surface area contributed by atoms with Gasteiger partial charge in [0, 0.05) is 24.0 Å². The van der Waals surface area contributed by atoms with Gasteiger partial charge in [-0.05, 0) is 38.4 Å². The number of nitrogens with zero attached hydrogens (tertiary/aromatic N) is 2. The lowest BCUT2D eigenvalue weighted by molar-refractivity contribution is -0.120. The van der Waals surface area contributed by atoms with Crippen molar-refractivity contribution < 1.29 is 9.53 Å². The van der Waals surface area contributed by atoms with Crippen molar-refractivity contribution in [2.45, 2.75) is 6.42 Å². The second kappa shape index (κ2) is 7.91. The van der Waals surface area contributed by atoms with Crippen molar-refractivity contribution in [3.05, 3.63) is 35.3 Å². The molecule has 0 saturated carbocycles. The van der Waals surface area contributed by atoms with Crippen LogP contribution in [0.1, 0.15) is 5.69 Å². The number of rotatable bonds is 7. The zero-order chi connectivity index (χ0) is 15.9. The van der Waals surface area contributed by atoms with Gasteiger partial charge < -0.3 is 15.0 Å². The van der Waals surface area contributed by atoms with E-state index in [-0.39, 0.29) is 5.91 Å². The Bertz CT molecular complexity index is 608. The molecule has 1 aromatic heterocycles. The number of benzene rings is 1. The molecule has 0 saturated heterocycles. The fraction of sp³-hybridized carbons (Fsp3) is 0.375. The Hall–Kier alpha value is -1.92. The van der Waals surface area contributed by atoms with Crippen LogP contribution in [-0.2, 0) is 11.2 Å². The van der Waals surface area contributed by atoms with Gasteiger partial charge in [-0.3, -0.25) is 4.79 Å². The van der Waals surface area contributed by atoms with Crippen LogP contribution in [0.4, 0.5) is 0 Å². The summed E-state index contributed by atoms with van der Waals surface area (Å²) in [7, 11) is 5.60. The van der Waals surface area contributed by atoms with E-state index in [1.807, 2.05) is 48.6 Å². The predicted molar refractivity (Wildman–Crippen MR) is 89.4 cm³/mol. The summed E-state index contributed by atoms with van der Waals surface area (Å²) in [5, 5.41) is 5.75. The maximum absolute atomic E-state index is 11.8. The molecule has 0 aliphatic rings. The lowest BCUT2D eigenvalue weighted by Crippen LogP contribution is -2.32. The van der Waals surface area contributed by atoms with Crippen molar-refractivity contribution in [1.82, 2.24) is 15.2 Å². The number of likely N-dealkylation sites (N-methyl/N-ethyl adjacent to an activating group) is 1. The summed E-state index contributed by atoms with van der Waals surface area (Å²) in [5.74, 6) is 0.828. The zero-order valence-electron chi connectivity index (χ0n) is 13.1. The molecule has 0 fully saturated rings. The summed E-state index contributed by atoms with van der Waals surface area (Å²) in [6.07, 6.45) is 0.320. The topological polar surface area (TPSA) is 54.5 Å². The van der Waals surface area contributed by atoms with E-state index >= 15 is 0 Å². The molecule has 2 rings (SSSR count). The maximum atomic E-state index is 11.8. The molecule has 2 aromatic rings. The van der Waals surface area contributed by atoms with Gasteiger partial charge >= 0.3 is 0 Å². The lowest BCUT2D eigenvalue weighted by Gasteiger charge is -2.09. The molecule has 6 heteroatoms. The van der Waals surface area contributed by atoms with Gasteiger partial charge in [0.05, 0.1) is 19.2 Å². The van der Waals surface area contributed by atoms with Gasteiger partial charge in [-0.2, -0.15) is 0 Å². The van der Waals surface area contributed by atoms with E-state index in [9.17, 15) is 4.79 Å². The molecule has 0 aliphatic heterocycles. The summed E-state index contributed by atoms with van der Waals surface area (Å²) in [5.41, 5.74) is 1.84. The number of carbonyl (C=O) groups excluding carboxylic acids is 1. The van der Waals surface area contributed by atoms with Crippen LogP contribution in [-0.4, -0.2) is 50.1 Å². The van der Waals surface area contributed by atoms with Crippen molar-refractivity contribution in [1.29, 1.82) is 0 Å². The molecule has 0 bridgehead atoms. The number of ether oxygens (including phenoxy) is 1. The first-order valence-electron chi connectivity index (χ1n) is 7.08. The van der Waals surface area contributed by atoms with Crippen molar-refractivity contribution in [2.24, 2.45) is 0 Å². The fourth-order valence-electron chi connectivity index (χ4n) is 1.90. The smallest absolute Gasteiger partial charge is 0.226 e. The van der Waals surface area contributed by atoms with E-state index in [0.717, 1.165) is 28.6 Å². The van der Waals surface area contributed by atoms with Gasteiger partial charge in [0.2, 0.25) is 5.91 Å². The Morgan fingerprint density at radius 3 is 2.68 bits per heavy atom. The number of thiazole rings is 1. The predicted octanol–water partition coefficient (Wildman–Crippen LogP) is 2.04. The van der Waals surface area contributed by atoms with Crippen LogP contribution in [0.2, 0.25) is 0 Å². The van der Waals surface area contributed by atoms with Gasteiger partial charge in [-0.1, -0.05) is 0 Å². The van der Waals surface area contributed by atoms with Gasteiger partial charge in [0.25, 0.3) is 0 Å². The standard InChI is InChI=1S/C16H21N3O2S/c1-19(2)9-8-17-15(20)10-13-11-22-16(18-13)12-4-6-14(21-3)7-5-12/h4-7,11H,8-10H2,1-3H3,(H,17,20). The van der Waals surface area contributed by atoms with Crippen LogP contribution in [0.25, 0.3) is 10.6 Å². The molecule has 5 nitrogen and oxygen atoms in total. The first-order valence-corrected chi connectivity index (χ1v) is 7.96. The Morgan fingerprint density at radius 2 is 2.05 bits per heavy atom. The molecule has 1 heterocycles. The minimum atomic E-state index is 0.00781. The molecule has 0 atom stereocenters. The van der Waals surface area contributed by atoms with Crippen LogP contribution in [0.5, 0.6) is 5.75 Å². The van der Waals surface area contributed by atoms with Crippen molar-refractivity contribution >= 4 is 17.2 Å². The van der Waals surface area contributed by atoms with E-state index in [2.05, 4.69) is 10.3 Å². The van der Waals surface area contributed by atoms with Crippen molar-refractivity contribution in [2.75, 3.05) is 34.3 Å². The highest BCUT2D eigenvalue weighted by Gasteiger charge is 2.09. The van der Waals surface area contributed by atoms with Crippen LogP contribution in [0.3, 0.4) is 0 Å². The zero-order valence-corrected chi connectivity index (χ0v) is 13.9. The molecule has 1 aromatic carbocycles. The number of hydrogen-bond donors (Lipinski definition) is 1. The molecular weight excluding hydrogens is 298 g/mol. The summed E-state index contributed by atoms with van der Waals surface area (Å²) in [6.45, 7) is 1.49. The van der Waals surface area contributed by atoms with E-state index in [4.69, 9.17) is 4.74 Å². The molecule has 118 valence electrons. The van der Waals surface area contributed by atoms with Crippen molar-refractivity contribution in [3.8, 4) is 16.3 Å². The molecule has 0 unspecified atom stereocenters. The maximum Gasteiger partial charge on any atom is 0.226 e. The molecule has 0 spiro atoms. The lowest BCUT2D eigenvalue weighted by atomic mass is 10.2. The van der Waals surface area contributed by atoms with Gasteiger partial charge in [-0.25, -0.2) is 4.98 Å². The van der Waals surface area contributed by atoms with Crippen molar-refractivity contribution in [3.63, 3.8) is 0 Å². The van der Waals surface area contributed by atoms with Gasteiger partial charge in [0.1, 0.15) is 10.8 Å². The highest BCUT2D eigenvalue weighted by Crippen LogP contribution is 2.25. The number of hydrogen-bond acceptors (Lipinski definition) is 5. The molecule has 22 heavy (non-hydrogen) atoms. The third-order valence-corrected chi connectivity index (χ3v) is 4.05. The van der Waals surface area contributed by atoms with E-state index in [0.29, 0.717) is 13.0 Å². The first-order chi connectivity index (χ1) is 10.6. The average Bonchev–Trinajstić information content (AvgIpc) is 2.95. The third kappa shape index (κ3) is 4.82. The molecule has 0 radical (unpaired) electrons. The molecule has 1 amide bonds. The van der Waals surface area contributed by atoms with E-state index in [1.165, 1.54) is 0 Å². The number of methoxy groups -OCH3 is 1. The number of nitrogens with one attached hydrogen (secondary N) is 1. The molecule has 0 aliphatic carbocycles. The molecule has 1 N–H and O–H groups in total. The second-order valence-corrected chi connectivity index (χ2v) is 6.06. The quantitative estimate of drug-likeness (QED) is 0.848. The highest BCUT2D eigenvalue weighted by atomic mass is 32.1. The van der Waals surface area contributed by atoms with E-state index in [1.54, 1.807) is 18.4 Å². The SMILES string of the molecule is COc1ccc(-c2nc(CC(=O)NCCN(C)C)cs2)cc1. The largest absolute Gasteiger partial charge is 0.497 e. The van der Waals surface area contributed by atoms with Gasteiger partial charge in [0.15, 0.2) is 0 Å². The van der Waals surface area contributed by atoms with Gasteiger partial charge in [-0.15, -0.1) is 11.3 Å². The number of amides is 1. The monoisotopic (exact) mass is 319 g/mol. The van der Waals surface area contributed by atoms with Crippen LogP contribution < -0.4 is 10.1 Å². The summed E-state index contributed by atoms with van der Waals surface area (Å²) < 4.78 is 5.14. The Morgan fingerprint density at radius 1 is 1.32 bits per heavy atom. The minimum absolute atomic E-state index is 0.00781.